The average Bonchev–Trinajstić information content (AvgIpc) is 2.88. The van der Waals surface area contributed by atoms with Crippen molar-refractivity contribution in [3.8, 4) is 0 Å². The van der Waals surface area contributed by atoms with Crippen LogP contribution in [0.15, 0.2) is 11.4 Å². The molecule has 1 aliphatic rings. The summed E-state index contributed by atoms with van der Waals surface area (Å²) in [5.74, 6) is -0.364. The Morgan fingerprint density at radius 3 is 3.21 bits per heavy atom. The SMILES string of the molecule is CCN1CCOC(CNCc2cc(C(N)=O)cs2)C1. The maximum absolute atomic E-state index is 11.0. The van der Waals surface area contributed by atoms with Gasteiger partial charge in [0, 0.05) is 36.4 Å². The van der Waals surface area contributed by atoms with Crippen LogP contribution in [0.2, 0.25) is 0 Å². The molecule has 0 saturated carbocycles. The Kier molecular flexibility index (Phi) is 5.33. The maximum Gasteiger partial charge on any atom is 0.249 e. The van der Waals surface area contributed by atoms with Crippen LogP contribution < -0.4 is 11.1 Å². The van der Waals surface area contributed by atoms with Crippen LogP contribution in [-0.4, -0.2) is 49.7 Å². The van der Waals surface area contributed by atoms with Crippen LogP contribution in [0.25, 0.3) is 0 Å². The van der Waals surface area contributed by atoms with Gasteiger partial charge in [-0.25, -0.2) is 0 Å². The number of nitrogens with two attached hydrogens (primary N) is 1. The van der Waals surface area contributed by atoms with Gasteiger partial charge in [-0.05, 0) is 12.6 Å². The van der Waals surface area contributed by atoms with E-state index in [-0.39, 0.29) is 12.0 Å². The molecule has 6 heteroatoms. The fraction of sp³-hybridized carbons (Fsp3) is 0.615. The van der Waals surface area contributed by atoms with Gasteiger partial charge in [-0.1, -0.05) is 6.92 Å². The molecular weight excluding hydrogens is 262 g/mol. The molecule has 1 aromatic rings. The van der Waals surface area contributed by atoms with E-state index >= 15 is 0 Å². The number of carbonyl (C=O) groups is 1. The van der Waals surface area contributed by atoms with E-state index in [1.807, 2.05) is 6.07 Å². The van der Waals surface area contributed by atoms with Gasteiger partial charge < -0.3 is 15.8 Å². The largest absolute Gasteiger partial charge is 0.374 e. The molecule has 1 atom stereocenters. The fourth-order valence-corrected chi connectivity index (χ4v) is 2.99. The molecule has 1 aromatic heterocycles. The number of morpholine rings is 1. The second-order valence-electron chi connectivity index (χ2n) is 4.68. The molecule has 2 heterocycles. The van der Waals surface area contributed by atoms with Gasteiger partial charge in [-0.2, -0.15) is 0 Å². The number of rotatable bonds is 6. The number of nitrogens with zero attached hydrogens (tertiary/aromatic N) is 1. The van der Waals surface area contributed by atoms with Gasteiger partial charge in [0.25, 0.3) is 0 Å². The van der Waals surface area contributed by atoms with Crippen LogP contribution in [-0.2, 0) is 11.3 Å². The van der Waals surface area contributed by atoms with Crippen LogP contribution in [0.4, 0.5) is 0 Å². The Morgan fingerprint density at radius 2 is 2.53 bits per heavy atom. The first-order chi connectivity index (χ1) is 9.19. The van der Waals surface area contributed by atoms with Crippen LogP contribution >= 0.6 is 11.3 Å². The van der Waals surface area contributed by atoms with Crippen molar-refractivity contribution >= 4 is 17.2 Å². The summed E-state index contributed by atoms with van der Waals surface area (Å²) in [4.78, 5) is 14.5. The third-order valence-electron chi connectivity index (χ3n) is 3.28. The van der Waals surface area contributed by atoms with Gasteiger partial charge in [0.05, 0.1) is 18.3 Å². The molecule has 0 radical (unpaired) electrons. The number of nitrogens with one attached hydrogen (secondary N) is 1. The standard InChI is InChI=1S/C13H21N3O2S/c1-2-16-3-4-18-11(8-16)6-15-7-12-5-10(9-19-12)13(14)17/h5,9,11,15H,2-4,6-8H2,1H3,(H2,14,17). The van der Waals surface area contributed by atoms with E-state index in [1.54, 1.807) is 16.7 Å². The lowest BCUT2D eigenvalue weighted by Crippen LogP contribution is -2.46. The average molecular weight is 283 g/mol. The number of thiophene rings is 1. The van der Waals surface area contributed by atoms with Gasteiger partial charge in [0.1, 0.15) is 0 Å². The summed E-state index contributed by atoms with van der Waals surface area (Å²) in [5.41, 5.74) is 5.82. The summed E-state index contributed by atoms with van der Waals surface area (Å²) in [6.07, 6.45) is 0.254. The van der Waals surface area contributed by atoms with Crippen molar-refractivity contribution in [1.82, 2.24) is 10.2 Å². The molecule has 3 N–H and O–H groups in total. The number of hydrogen-bond acceptors (Lipinski definition) is 5. The quantitative estimate of drug-likeness (QED) is 0.805. The molecule has 19 heavy (non-hydrogen) atoms. The predicted molar refractivity (Wildman–Crippen MR) is 76.4 cm³/mol. The Balaban J connectivity index is 1.72. The summed E-state index contributed by atoms with van der Waals surface area (Å²) in [6.45, 7) is 7.66. The molecule has 0 aromatic carbocycles. The van der Waals surface area contributed by atoms with Gasteiger partial charge in [0.2, 0.25) is 5.91 Å². The highest BCUT2D eigenvalue weighted by Crippen LogP contribution is 2.14. The maximum atomic E-state index is 11.0. The molecular formula is C13H21N3O2S. The van der Waals surface area contributed by atoms with E-state index in [0.717, 1.165) is 44.2 Å². The van der Waals surface area contributed by atoms with Crippen LogP contribution in [0, 0.1) is 0 Å². The van der Waals surface area contributed by atoms with Crippen molar-refractivity contribution in [2.45, 2.75) is 19.6 Å². The molecule has 106 valence electrons. The predicted octanol–water partition coefficient (Wildman–Crippen LogP) is 0.657. The molecule has 0 spiro atoms. The van der Waals surface area contributed by atoms with Crippen molar-refractivity contribution < 1.29 is 9.53 Å². The highest BCUT2D eigenvalue weighted by molar-refractivity contribution is 7.10. The van der Waals surface area contributed by atoms with E-state index in [4.69, 9.17) is 10.5 Å². The lowest BCUT2D eigenvalue weighted by Gasteiger charge is -2.32. The highest BCUT2D eigenvalue weighted by atomic mass is 32.1. The minimum Gasteiger partial charge on any atom is -0.374 e. The van der Waals surface area contributed by atoms with Crippen LogP contribution in [0.5, 0.6) is 0 Å². The summed E-state index contributed by atoms with van der Waals surface area (Å²) >= 11 is 1.55. The molecule has 1 amide bonds. The second-order valence-corrected chi connectivity index (χ2v) is 5.68. The topological polar surface area (TPSA) is 67.6 Å². The van der Waals surface area contributed by atoms with E-state index in [1.165, 1.54) is 0 Å². The molecule has 1 fully saturated rings. The smallest absolute Gasteiger partial charge is 0.249 e. The zero-order valence-corrected chi connectivity index (χ0v) is 12.0. The summed E-state index contributed by atoms with van der Waals surface area (Å²) in [5, 5.41) is 5.18. The first-order valence-corrected chi connectivity index (χ1v) is 7.49. The van der Waals surface area contributed by atoms with Crippen molar-refractivity contribution in [1.29, 1.82) is 0 Å². The van der Waals surface area contributed by atoms with E-state index in [2.05, 4.69) is 17.1 Å². The number of hydrogen-bond donors (Lipinski definition) is 2. The summed E-state index contributed by atoms with van der Waals surface area (Å²) in [6, 6.07) is 1.85. The van der Waals surface area contributed by atoms with E-state index < -0.39 is 0 Å². The lowest BCUT2D eigenvalue weighted by atomic mass is 10.2. The minimum absolute atomic E-state index is 0.254. The number of primary amides is 1. The minimum atomic E-state index is -0.364. The van der Waals surface area contributed by atoms with Gasteiger partial charge >= 0.3 is 0 Å². The Morgan fingerprint density at radius 1 is 1.68 bits per heavy atom. The van der Waals surface area contributed by atoms with Crippen molar-refractivity contribution in [2.75, 3.05) is 32.8 Å². The Labute approximate surface area is 117 Å². The molecule has 1 unspecified atom stereocenters. The van der Waals surface area contributed by atoms with Gasteiger partial charge in [-0.3, -0.25) is 9.69 Å². The number of amides is 1. The molecule has 0 aliphatic carbocycles. The zero-order valence-electron chi connectivity index (χ0n) is 11.2. The van der Waals surface area contributed by atoms with Gasteiger partial charge in [0.15, 0.2) is 0 Å². The lowest BCUT2D eigenvalue weighted by molar-refractivity contribution is -0.0253. The monoisotopic (exact) mass is 283 g/mol. The molecule has 0 bridgehead atoms. The van der Waals surface area contributed by atoms with Crippen molar-refractivity contribution in [3.05, 3.63) is 21.9 Å². The fourth-order valence-electron chi connectivity index (χ4n) is 2.15. The molecule has 2 rings (SSSR count). The molecule has 5 nitrogen and oxygen atoms in total. The third-order valence-corrected chi connectivity index (χ3v) is 4.22. The summed E-state index contributed by atoms with van der Waals surface area (Å²) < 4.78 is 5.72. The molecule has 1 saturated heterocycles. The highest BCUT2D eigenvalue weighted by Gasteiger charge is 2.18. The number of ether oxygens (including phenoxy) is 1. The van der Waals surface area contributed by atoms with E-state index in [0.29, 0.717) is 5.56 Å². The van der Waals surface area contributed by atoms with Crippen molar-refractivity contribution in [3.63, 3.8) is 0 Å². The van der Waals surface area contributed by atoms with Crippen molar-refractivity contribution in [2.24, 2.45) is 5.73 Å². The van der Waals surface area contributed by atoms with E-state index in [9.17, 15) is 4.79 Å². The Bertz CT molecular complexity index is 422. The zero-order chi connectivity index (χ0) is 13.7. The first kappa shape index (κ1) is 14.5. The van der Waals surface area contributed by atoms with Crippen LogP contribution in [0.3, 0.4) is 0 Å². The number of likely N-dealkylation sites (N-methyl/N-ethyl adjacent to an activating group) is 1. The van der Waals surface area contributed by atoms with Crippen LogP contribution in [0.1, 0.15) is 22.2 Å². The third kappa shape index (κ3) is 4.28. The number of carbonyl (C=O) groups excluding carboxylic acids is 1. The normalized spacial score (nSPS) is 20.6. The first-order valence-electron chi connectivity index (χ1n) is 6.61. The molecule has 1 aliphatic heterocycles. The summed E-state index contributed by atoms with van der Waals surface area (Å²) in [7, 11) is 0. The second kappa shape index (κ2) is 7.00. The Hall–Kier alpha value is -0.950. The van der Waals surface area contributed by atoms with Gasteiger partial charge in [-0.15, -0.1) is 11.3 Å².